The average Bonchev–Trinajstić information content (AvgIpc) is 2.67. The molecule has 0 radical (unpaired) electrons. The molecule has 2 rings (SSSR count). The van der Waals surface area contributed by atoms with Crippen molar-refractivity contribution in [3.05, 3.63) is 60.2 Å². The van der Waals surface area contributed by atoms with E-state index in [-0.39, 0.29) is 23.4 Å². The van der Waals surface area contributed by atoms with E-state index in [0.717, 1.165) is 16.3 Å². The molecule has 2 aromatic carbocycles. The van der Waals surface area contributed by atoms with Gasteiger partial charge in [0.25, 0.3) is 0 Å². The van der Waals surface area contributed by atoms with Crippen molar-refractivity contribution in [1.29, 1.82) is 0 Å². The molecular weight excluding hydrogens is 376 g/mol. The van der Waals surface area contributed by atoms with Crippen LogP contribution in [0.3, 0.4) is 0 Å². The van der Waals surface area contributed by atoms with E-state index >= 15 is 0 Å². The minimum Gasteiger partial charge on any atom is -0.497 e. The summed E-state index contributed by atoms with van der Waals surface area (Å²) >= 11 is 0. The summed E-state index contributed by atoms with van der Waals surface area (Å²) < 4.78 is 31.5. The lowest BCUT2D eigenvalue weighted by Gasteiger charge is -2.23. The second-order valence-corrected chi connectivity index (χ2v) is 9.14. The lowest BCUT2D eigenvalue weighted by atomic mass is 9.97. The van der Waals surface area contributed by atoms with Gasteiger partial charge in [-0.1, -0.05) is 44.2 Å². The number of hydrogen-bond donors (Lipinski definition) is 1. The number of nitrogens with zero attached hydrogens (tertiary/aromatic N) is 1. The smallest absolute Gasteiger partial charge is 0.243 e. The molecule has 0 heterocycles. The van der Waals surface area contributed by atoms with Gasteiger partial charge >= 0.3 is 0 Å². The summed E-state index contributed by atoms with van der Waals surface area (Å²) in [6.45, 7) is 3.92. The summed E-state index contributed by atoms with van der Waals surface area (Å²) in [4.78, 5) is 12.7. The van der Waals surface area contributed by atoms with Crippen molar-refractivity contribution in [1.82, 2.24) is 9.62 Å². The van der Waals surface area contributed by atoms with Crippen LogP contribution < -0.4 is 10.1 Å². The van der Waals surface area contributed by atoms with Crippen molar-refractivity contribution in [2.45, 2.75) is 31.2 Å². The number of ether oxygens (including phenoxy) is 1. The largest absolute Gasteiger partial charge is 0.497 e. The van der Waals surface area contributed by atoms with Crippen molar-refractivity contribution >= 4 is 15.9 Å². The summed E-state index contributed by atoms with van der Waals surface area (Å²) in [5, 5.41) is 2.97. The molecule has 28 heavy (non-hydrogen) atoms. The van der Waals surface area contributed by atoms with Crippen molar-refractivity contribution in [3.8, 4) is 5.75 Å². The zero-order valence-corrected chi connectivity index (χ0v) is 17.6. The number of benzene rings is 2. The molecule has 7 heteroatoms. The molecule has 1 N–H and O–H groups in total. The average molecular weight is 405 g/mol. The molecule has 0 aromatic heterocycles. The van der Waals surface area contributed by atoms with Gasteiger partial charge in [-0.05, 0) is 42.2 Å². The van der Waals surface area contributed by atoms with Gasteiger partial charge in [0.2, 0.25) is 15.9 Å². The van der Waals surface area contributed by atoms with Crippen LogP contribution in [-0.2, 0) is 14.8 Å². The fourth-order valence-electron chi connectivity index (χ4n) is 2.89. The van der Waals surface area contributed by atoms with Crippen molar-refractivity contribution < 1.29 is 17.9 Å². The molecule has 0 saturated carbocycles. The lowest BCUT2D eigenvalue weighted by Crippen LogP contribution is -2.40. The number of amides is 1. The number of carbonyl (C=O) groups is 1. The van der Waals surface area contributed by atoms with Gasteiger partial charge in [0.05, 0.1) is 24.6 Å². The molecule has 1 amide bonds. The van der Waals surface area contributed by atoms with Crippen LogP contribution >= 0.6 is 0 Å². The third kappa shape index (κ3) is 5.81. The maximum atomic E-state index is 12.7. The van der Waals surface area contributed by atoms with Crippen LogP contribution in [0.25, 0.3) is 0 Å². The predicted molar refractivity (Wildman–Crippen MR) is 110 cm³/mol. The van der Waals surface area contributed by atoms with E-state index in [9.17, 15) is 13.2 Å². The second kappa shape index (κ2) is 9.71. The molecule has 1 atom stereocenters. The van der Waals surface area contributed by atoms with Crippen LogP contribution in [0.5, 0.6) is 5.75 Å². The Balaban J connectivity index is 2.08. The summed E-state index contributed by atoms with van der Waals surface area (Å²) in [5.74, 6) is 0.610. The van der Waals surface area contributed by atoms with Crippen molar-refractivity contribution in [2.24, 2.45) is 5.92 Å². The first kappa shape index (κ1) is 21.9. The van der Waals surface area contributed by atoms with Crippen LogP contribution in [-0.4, -0.2) is 39.3 Å². The van der Waals surface area contributed by atoms with Gasteiger partial charge in [0, 0.05) is 7.05 Å². The van der Waals surface area contributed by atoms with E-state index in [4.69, 9.17) is 4.74 Å². The van der Waals surface area contributed by atoms with Gasteiger partial charge in [-0.3, -0.25) is 4.79 Å². The SMILES string of the molecule is COc1ccc(S(=O)(=O)N(C)CC(=O)N[C@H](CC(C)C)c2ccccc2)cc1. The Bertz CT molecular complexity index is 865. The standard InChI is InChI=1S/C21H28N2O4S/c1-16(2)14-20(17-8-6-5-7-9-17)22-21(24)15-23(3)28(25,26)19-12-10-18(27-4)11-13-19/h5-13,16,20H,14-15H2,1-4H3,(H,22,24)/t20-/m1/s1. The Kier molecular flexibility index (Phi) is 7.60. The van der Waals surface area contributed by atoms with E-state index in [0.29, 0.717) is 11.7 Å². The molecule has 0 spiro atoms. The normalized spacial score (nSPS) is 12.8. The van der Waals surface area contributed by atoms with E-state index in [1.54, 1.807) is 12.1 Å². The van der Waals surface area contributed by atoms with Crippen LogP contribution in [0.15, 0.2) is 59.5 Å². The highest BCUT2D eigenvalue weighted by Gasteiger charge is 2.24. The molecule has 0 bridgehead atoms. The first-order valence-electron chi connectivity index (χ1n) is 9.18. The molecule has 2 aromatic rings. The number of nitrogens with one attached hydrogen (secondary N) is 1. The number of methoxy groups -OCH3 is 1. The van der Waals surface area contributed by atoms with E-state index in [1.165, 1.54) is 26.3 Å². The topological polar surface area (TPSA) is 75.7 Å². The zero-order valence-electron chi connectivity index (χ0n) is 16.8. The van der Waals surface area contributed by atoms with Crippen LogP contribution in [0, 0.1) is 5.92 Å². The van der Waals surface area contributed by atoms with Gasteiger partial charge < -0.3 is 10.1 Å². The van der Waals surface area contributed by atoms with Gasteiger partial charge in [-0.15, -0.1) is 0 Å². The van der Waals surface area contributed by atoms with Crippen molar-refractivity contribution in [3.63, 3.8) is 0 Å². The number of likely N-dealkylation sites (N-methyl/N-ethyl adjacent to an activating group) is 1. The molecule has 152 valence electrons. The highest BCUT2D eigenvalue weighted by atomic mass is 32.2. The van der Waals surface area contributed by atoms with E-state index in [2.05, 4.69) is 19.2 Å². The molecular formula is C21H28N2O4S. The van der Waals surface area contributed by atoms with Gasteiger partial charge in [-0.2, -0.15) is 4.31 Å². The highest BCUT2D eigenvalue weighted by Crippen LogP contribution is 2.22. The third-order valence-corrected chi connectivity index (χ3v) is 6.20. The zero-order chi connectivity index (χ0) is 20.7. The highest BCUT2D eigenvalue weighted by molar-refractivity contribution is 7.89. The van der Waals surface area contributed by atoms with Gasteiger partial charge in [0.1, 0.15) is 5.75 Å². The fourth-order valence-corrected chi connectivity index (χ4v) is 4.02. The molecule has 0 aliphatic heterocycles. The van der Waals surface area contributed by atoms with Crippen LogP contribution in [0.2, 0.25) is 0 Å². The summed E-state index contributed by atoms with van der Waals surface area (Å²) in [6.07, 6.45) is 0.769. The number of rotatable bonds is 9. The number of hydrogen-bond acceptors (Lipinski definition) is 4. The van der Waals surface area contributed by atoms with Crippen LogP contribution in [0.1, 0.15) is 31.9 Å². The molecule has 0 fully saturated rings. The minimum atomic E-state index is -3.77. The molecule has 0 aliphatic rings. The molecule has 0 saturated heterocycles. The van der Waals surface area contributed by atoms with Crippen molar-refractivity contribution in [2.75, 3.05) is 20.7 Å². The molecule has 0 unspecified atom stereocenters. The molecule has 0 aliphatic carbocycles. The number of sulfonamides is 1. The number of carbonyl (C=O) groups excluding carboxylic acids is 1. The Morgan fingerprint density at radius 3 is 2.21 bits per heavy atom. The summed E-state index contributed by atoms with van der Waals surface area (Å²) in [6, 6.07) is 15.6. The third-order valence-electron chi connectivity index (χ3n) is 4.38. The first-order chi connectivity index (χ1) is 13.2. The summed E-state index contributed by atoms with van der Waals surface area (Å²) in [7, 11) is -0.849. The Morgan fingerprint density at radius 1 is 1.07 bits per heavy atom. The van der Waals surface area contributed by atoms with E-state index < -0.39 is 10.0 Å². The maximum absolute atomic E-state index is 12.7. The Labute approximate surface area is 167 Å². The lowest BCUT2D eigenvalue weighted by molar-refractivity contribution is -0.122. The quantitative estimate of drug-likeness (QED) is 0.696. The first-order valence-corrected chi connectivity index (χ1v) is 10.6. The summed E-state index contributed by atoms with van der Waals surface area (Å²) in [5.41, 5.74) is 1.00. The monoisotopic (exact) mass is 404 g/mol. The van der Waals surface area contributed by atoms with Gasteiger partial charge in [-0.25, -0.2) is 8.42 Å². The van der Waals surface area contributed by atoms with E-state index in [1.807, 2.05) is 30.3 Å². The van der Waals surface area contributed by atoms with Crippen LogP contribution in [0.4, 0.5) is 0 Å². The Hall–Kier alpha value is -2.38. The predicted octanol–water partition coefficient (Wildman–Crippen LogP) is 3.22. The van der Waals surface area contributed by atoms with Gasteiger partial charge in [0.15, 0.2) is 0 Å². The molecule has 6 nitrogen and oxygen atoms in total. The second-order valence-electron chi connectivity index (χ2n) is 7.10. The minimum absolute atomic E-state index is 0.116. The fraction of sp³-hybridized carbons (Fsp3) is 0.381. The Morgan fingerprint density at radius 2 is 1.68 bits per heavy atom. The maximum Gasteiger partial charge on any atom is 0.243 e.